The first kappa shape index (κ1) is 32.9. The maximum atomic E-state index is 6.26. The Balaban J connectivity index is 1.91. The van der Waals surface area contributed by atoms with Gasteiger partial charge in [0.05, 0.1) is 0 Å². The van der Waals surface area contributed by atoms with Gasteiger partial charge in [0.2, 0.25) is 0 Å². The Morgan fingerprint density at radius 1 is 0.833 bits per heavy atom. The van der Waals surface area contributed by atoms with Crippen molar-refractivity contribution in [2.24, 2.45) is 0 Å². The summed E-state index contributed by atoms with van der Waals surface area (Å²) >= 11 is -1.13. The molecule has 0 unspecified atom stereocenters. The van der Waals surface area contributed by atoms with Crippen LogP contribution in [0, 0.1) is 38.0 Å². The van der Waals surface area contributed by atoms with Gasteiger partial charge < -0.3 is 0 Å². The van der Waals surface area contributed by atoms with Crippen LogP contribution in [0.5, 0.6) is 5.75 Å². The molecule has 0 spiro atoms. The van der Waals surface area contributed by atoms with E-state index in [1.807, 2.05) is 7.11 Å². The second kappa shape index (κ2) is 13.3. The zero-order valence-corrected chi connectivity index (χ0v) is 30.3. The van der Waals surface area contributed by atoms with Gasteiger partial charge in [0, 0.05) is 0 Å². The predicted octanol–water partition coefficient (Wildman–Crippen LogP) is 8.12. The first-order valence-electron chi connectivity index (χ1n) is 14.7. The fraction of sp³-hybridized carbons (Fsp3) is 0.405. The molecule has 0 heterocycles. The number of nitrogens with zero attached hydrogens (tertiary/aromatic N) is 2. The second-order valence-electron chi connectivity index (χ2n) is 13.2. The molecule has 0 bridgehead atoms. The summed E-state index contributed by atoms with van der Waals surface area (Å²) in [5, 5.41) is 3.13. The molecule has 0 aliphatic heterocycles. The molecule has 4 rings (SSSR count). The normalized spacial score (nSPS) is 13.9. The summed E-state index contributed by atoms with van der Waals surface area (Å²) in [6.07, 6.45) is 6.00. The molecule has 1 aliphatic rings. The molecular weight excluding hydrogens is 691 g/mol. The third-order valence-electron chi connectivity index (χ3n) is 8.05. The van der Waals surface area contributed by atoms with Crippen molar-refractivity contribution in [3.63, 3.8) is 0 Å². The van der Waals surface area contributed by atoms with Gasteiger partial charge in [-0.15, -0.1) is 0 Å². The van der Waals surface area contributed by atoms with Crippen molar-refractivity contribution >= 4 is 24.6 Å². The predicted molar refractivity (Wildman–Crippen MR) is 183 cm³/mol. The third kappa shape index (κ3) is 7.03. The van der Waals surface area contributed by atoms with E-state index in [1.54, 1.807) is 6.99 Å². The van der Waals surface area contributed by atoms with Crippen LogP contribution in [-0.2, 0) is 10.7 Å². The Kier molecular flexibility index (Phi) is 10.4. The summed E-state index contributed by atoms with van der Waals surface area (Å²) < 4.78 is 10.1. The van der Waals surface area contributed by atoms with Gasteiger partial charge in [0.1, 0.15) is 0 Å². The molecular formula is C37H51LuN2OSi. The van der Waals surface area contributed by atoms with Crippen LogP contribution in [0.25, 0.3) is 0 Å². The number of benzene rings is 3. The van der Waals surface area contributed by atoms with E-state index in [4.69, 9.17) is 4.74 Å². The minimum atomic E-state index is -2.09. The number of anilines is 2. The van der Waals surface area contributed by atoms with Crippen molar-refractivity contribution in [1.29, 1.82) is 0 Å². The van der Waals surface area contributed by atoms with Crippen molar-refractivity contribution in [3.8, 4) is 5.75 Å². The van der Waals surface area contributed by atoms with Gasteiger partial charge in [-0.1, -0.05) is 0 Å². The molecule has 3 aromatic rings. The monoisotopic (exact) mass is 742 g/mol. The summed E-state index contributed by atoms with van der Waals surface area (Å²) in [5.74, 6) is 1.11. The third-order valence-corrected chi connectivity index (χ3v) is 16.8. The SMILES string of the molecule is COc1c(C(C)(C)C)cc(C)cc1[Si](C)(C)C1=[C]([Lu]([CH2]c2ccccc2N(C)C)[CH2]c2ccccc2N(C)C)C=CC1. The fourth-order valence-corrected chi connectivity index (χ4v) is 15.7. The Hall–Kier alpha value is -2.01. The molecule has 0 saturated carbocycles. The first-order valence-corrected chi connectivity index (χ1v) is 20.9. The molecule has 3 nitrogen and oxygen atoms in total. The summed E-state index contributed by atoms with van der Waals surface area (Å²) in [4.78, 5) is 4.54. The van der Waals surface area contributed by atoms with Crippen LogP contribution in [0.2, 0.25) is 13.1 Å². The number of allylic oxidation sites excluding steroid dienone is 4. The molecule has 5 heteroatoms. The van der Waals surface area contributed by atoms with Crippen LogP contribution in [0.1, 0.15) is 49.4 Å². The topological polar surface area (TPSA) is 15.7 Å². The number of hydrogen-bond donors (Lipinski definition) is 0. The Bertz CT molecular complexity index is 1430. The van der Waals surface area contributed by atoms with Gasteiger partial charge in [0.25, 0.3) is 0 Å². The first-order chi connectivity index (χ1) is 19.8. The quantitative estimate of drug-likeness (QED) is 0.195. The molecule has 0 saturated heterocycles. The van der Waals surface area contributed by atoms with Gasteiger partial charge in [-0.05, 0) is 0 Å². The van der Waals surface area contributed by atoms with Crippen LogP contribution >= 0.6 is 0 Å². The van der Waals surface area contributed by atoms with Crippen molar-refractivity contribution in [2.75, 3.05) is 45.1 Å². The van der Waals surface area contributed by atoms with E-state index in [9.17, 15) is 0 Å². The van der Waals surface area contributed by atoms with Gasteiger partial charge in [-0.3, -0.25) is 0 Å². The van der Waals surface area contributed by atoms with Crippen molar-refractivity contribution in [3.05, 3.63) is 102 Å². The van der Waals surface area contributed by atoms with E-state index in [0.29, 0.717) is 0 Å². The van der Waals surface area contributed by atoms with E-state index in [-0.39, 0.29) is 5.41 Å². The molecule has 0 amide bonds. The summed E-state index contributed by atoms with van der Waals surface area (Å²) in [6.45, 7) is 14.3. The van der Waals surface area contributed by atoms with Crippen LogP contribution in [0.15, 0.2) is 79.8 Å². The standard InChI is InChI=1S/C19H27OSi.2C9H12N.Lu/c1-14-12-16(19(2,3)4)18(20-5)17(13-14)21(6,7)15-10-8-9-11-15;2*1-8-6-4-5-7-9(8)10(2)3;/h8-9,12-13H,10H2,1-7H3;2*4-7H,1H2,2-3H3;. The van der Waals surface area contributed by atoms with Gasteiger partial charge in [0.15, 0.2) is 0 Å². The van der Waals surface area contributed by atoms with E-state index in [2.05, 4.69) is 152 Å². The van der Waals surface area contributed by atoms with Gasteiger partial charge >= 0.3 is 271 Å². The van der Waals surface area contributed by atoms with Crippen LogP contribution in [-0.4, -0.2) is 43.4 Å². The summed E-state index contributed by atoms with van der Waals surface area (Å²) in [6, 6.07) is 22.8. The summed E-state index contributed by atoms with van der Waals surface area (Å²) in [7, 11) is 8.45. The number of para-hydroxylation sites is 2. The Labute approximate surface area is 269 Å². The average molecular weight is 743 g/mol. The maximum absolute atomic E-state index is 6.26. The van der Waals surface area contributed by atoms with Crippen molar-refractivity contribution in [2.45, 2.75) is 57.9 Å². The number of hydrogen-bond acceptors (Lipinski definition) is 3. The van der Waals surface area contributed by atoms with Crippen molar-refractivity contribution < 1.29 is 35.9 Å². The molecule has 0 radical (unpaired) electrons. The zero-order chi connectivity index (χ0) is 30.8. The molecule has 42 heavy (non-hydrogen) atoms. The Morgan fingerprint density at radius 2 is 1.36 bits per heavy atom. The van der Waals surface area contributed by atoms with E-state index < -0.39 is 39.2 Å². The fourth-order valence-electron chi connectivity index (χ4n) is 5.73. The average Bonchev–Trinajstić information content (AvgIpc) is 3.43. The van der Waals surface area contributed by atoms with E-state index in [0.717, 1.165) is 17.5 Å². The molecule has 0 N–H and O–H groups in total. The molecule has 0 atom stereocenters. The number of rotatable bonds is 10. The molecule has 3 aromatic carbocycles. The van der Waals surface area contributed by atoms with Gasteiger partial charge in [-0.2, -0.15) is 0 Å². The van der Waals surface area contributed by atoms with Crippen molar-refractivity contribution in [1.82, 2.24) is 0 Å². The van der Waals surface area contributed by atoms with Crippen LogP contribution in [0.4, 0.5) is 11.4 Å². The number of aryl methyl sites for hydroxylation is 1. The van der Waals surface area contributed by atoms with Crippen LogP contribution in [0.3, 0.4) is 0 Å². The number of methoxy groups -OCH3 is 1. The molecule has 0 aromatic heterocycles. The van der Waals surface area contributed by atoms with Crippen LogP contribution < -0.4 is 19.7 Å². The summed E-state index contributed by atoms with van der Waals surface area (Å²) in [5.41, 5.74) is 8.24. The zero-order valence-electron chi connectivity index (χ0n) is 27.6. The van der Waals surface area contributed by atoms with E-state index in [1.165, 1.54) is 38.8 Å². The Morgan fingerprint density at radius 3 is 1.83 bits per heavy atom. The van der Waals surface area contributed by atoms with E-state index >= 15 is 0 Å². The van der Waals surface area contributed by atoms with Gasteiger partial charge in [-0.25, -0.2) is 0 Å². The number of ether oxygens (including phenoxy) is 1. The molecule has 1 aliphatic carbocycles. The minimum absolute atomic E-state index is 0.0169. The molecule has 234 valence electrons. The second-order valence-corrected chi connectivity index (χ2v) is 21.6. The molecule has 0 fully saturated rings.